The van der Waals surface area contributed by atoms with Gasteiger partial charge >= 0.3 is 5.97 Å². The summed E-state index contributed by atoms with van der Waals surface area (Å²) in [7, 11) is 0. The fraction of sp³-hybridized carbons (Fsp3) is 0.370. The molecule has 0 aliphatic rings. The predicted molar refractivity (Wildman–Crippen MR) is 127 cm³/mol. The standard InChI is InChI=1S/C27H31NO5/c1-7-33-25(32)27(5,6)16-19-21(24(31)26(2,3)4)20-15-18(29)13-14-28(20)22(19)23(30)17-11-9-8-10-12-17/h8-15,29H,7,16H2,1-6H3. The highest BCUT2D eigenvalue weighted by Crippen LogP contribution is 2.37. The number of ether oxygens (including phenoxy) is 1. The van der Waals surface area contributed by atoms with Gasteiger partial charge in [-0.15, -0.1) is 0 Å². The number of aromatic hydroxyl groups is 1. The minimum atomic E-state index is -0.985. The zero-order chi connectivity index (χ0) is 24.6. The van der Waals surface area contributed by atoms with Gasteiger partial charge in [0.2, 0.25) is 5.78 Å². The van der Waals surface area contributed by atoms with Crippen LogP contribution in [0.4, 0.5) is 0 Å². The first-order valence-electron chi connectivity index (χ1n) is 11.1. The molecule has 174 valence electrons. The number of rotatable bonds is 7. The highest BCUT2D eigenvalue weighted by atomic mass is 16.5. The molecule has 3 aromatic rings. The molecule has 3 rings (SSSR count). The number of ketones is 2. The fourth-order valence-corrected chi connectivity index (χ4v) is 3.91. The number of carbonyl (C=O) groups excluding carboxylic acids is 3. The van der Waals surface area contributed by atoms with Crippen LogP contribution in [0.5, 0.6) is 5.75 Å². The van der Waals surface area contributed by atoms with Gasteiger partial charge in [0, 0.05) is 28.8 Å². The number of carbonyl (C=O) groups is 3. The van der Waals surface area contributed by atoms with Crippen LogP contribution in [-0.4, -0.2) is 33.6 Å². The molecule has 6 heteroatoms. The normalized spacial score (nSPS) is 12.1. The van der Waals surface area contributed by atoms with Crippen molar-refractivity contribution in [2.75, 3.05) is 6.61 Å². The van der Waals surface area contributed by atoms with Gasteiger partial charge in [-0.05, 0) is 38.8 Å². The van der Waals surface area contributed by atoms with E-state index in [9.17, 15) is 19.5 Å². The summed E-state index contributed by atoms with van der Waals surface area (Å²) in [5.74, 6) is -0.862. The van der Waals surface area contributed by atoms with Crippen LogP contribution in [0.15, 0.2) is 48.7 Å². The lowest BCUT2D eigenvalue weighted by Crippen LogP contribution is -2.31. The molecule has 0 fully saturated rings. The SMILES string of the molecule is CCOC(=O)C(C)(C)Cc1c(C(=O)C(C)(C)C)c2cc(O)ccn2c1C(=O)c1ccccc1. The van der Waals surface area contributed by atoms with Gasteiger partial charge in [0.15, 0.2) is 5.78 Å². The third-order valence-corrected chi connectivity index (χ3v) is 5.63. The maximum Gasteiger partial charge on any atom is 0.311 e. The molecule has 0 bridgehead atoms. The average Bonchev–Trinajstić information content (AvgIpc) is 3.04. The molecular formula is C27H31NO5. The molecular weight excluding hydrogens is 418 g/mol. The molecule has 6 nitrogen and oxygen atoms in total. The van der Waals surface area contributed by atoms with Crippen LogP contribution in [0.2, 0.25) is 0 Å². The fourth-order valence-electron chi connectivity index (χ4n) is 3.91. The van der Waals surface area contributed by atoms with Gasteiger partial charge in [-0.2, -0.15) is 0 Å². The Balaban J connectivity index is 2.38. The van der Waals surface area contributed by atoms with Crippen molar-refractivity contribution in [1.29, 1.82) is 0 Å². The summed E-state index contributed by atoms with van der Waals surface area (Å²) in [5.41, 5.74) is 0.299. The molecule has 1 aromatic carbocycles. The minimum Gasteiger partial charge on any atom is -0.508 e. The molecule has 2 heterocycles. The molecule has 2 aromatic heterocycles. The predicted octanol–water partition coefficient (Wildman–Crippen LogP) is 5.24. The van der Waals surface area contributed by atoms with E-state index in [0.717, 1.165) is 0 Å². The molecule has 0 spiro atoms. The van der Waals surface area contributed by atoms with Crippen LogP contribution in [0.25, 0.3) is 5.52 Å². The first-order chi connectivity index (χ1) is 15.4. The summed E-state index contributed by atoms with van der Waals surface area (Å²) >= 11 is 0. The largest absolute Gasteiger partial charge is 0.508 e. The van der Waals surface area contributed by atoms with E-state index >= 15 is 0 Å². The highest BCUT2D eigenvalue weighted by molar-refractivity contribution is 6.15. The van der Waals surface area contributed by atoms with Gasteiger partial charge in [-0.25, -0.2) is 0 Å². The van der Waals surface area contributed by atoms with E-state index in [4.69, 9.17) is 4.74 Å². The molecule has 0 saturated carbocycles. The van der Waals surface area contributed by atoms with Crippen LogP contribution in [0.1, 0.15) is 73.5 Å². The second kappa shape index (κ2) is 8.85. The van der Waals surface area contributed by atoms with Crippen molar-refractivity contribution in [1.82, 2.24) is 4.40 Å². The number of aromatic nitrogens is 1. The number of fused-ring (bicyclic) bond motifs is 1. The van der Waals surface area contributed by atoms with Crippen molar-refractivity contribution in [3.05, 3.63) is 71.0 Å². The number of hydrogen-bond acceptors (Lipinski definition) is 5. The van der Waals surface area contributed by atoms with E-state index in [1.165, 1.54) is 12.1 Å². The zero-order valence-corrected chi connectivity index (χ0v) is 20.1. The maximum absolute atomic E-state index is 13.7. The minimum absolute atomic E-state index is 0.0159. The Bertz CT molecular complexity index is 1210. The lowest BCUT2D eigenvalue weighted by molar-refractivity contribution is -0.153. The molecule has 0 aliphatic carbocycles. The van der Waals surface area contributed by atoms with Crippen LogP contribution in [-0.2, 0) is 16.0 Å². The van der Waals surface area contributed by atoms with E-state index < -0.39 is 16.8 Å². The van der Waals surface area contributed by atoms with Gasteiger partial charge < -0.3 is 14.2 Å². The number of pyridine rings is 1. The quantitative estimate of drug-likeness (QED) is 0.394. The topological polar surface area (TPSA) is 85.1 Å². The zero-order valence-electron chi connectivity index (χ0n) is 20.1. The number of hydrogen-bond donors (Lipinski definition) is 1. The summed E-state index contributed by atoms with van der Waals surface area (Å²) in [6, 6.07) is 11.8. The van der Waals surface area contributed by atoms with Crippen LogP contribution >= 0.6 is 0 Å². The van der Waals surface area contributed by atoms with E-state index in [1.54, 1.807) is 76.4 Å². The van der Waals surface area contributed by atoms with Crippen LogP contribution in [0, 0.1) is 10.8 Å². The van der Waals surface area contributed by atoms with E-state index in [0.29, 0.717) is 27.9 Å². The van der Waals surface area contributed by atoms with Gasteiger partial charge in [-0.1, -0.05) is 51.1 Å². The van der Waals surface area contributed by atoms with Crippen molar-refractivity contribution < 1.29 is 24.2 Å². The Morgan fingerprint density at radius 1 is 1.00 bits per heavy atom. The maximum atomic E-state index is 13.7. The van der Waals surface area contributed by atoms with Crippen LogP contribution in [0.3, 0.4) is 0 Å². The molecule has 0 radical (unpaired) electrons. The second-order valence-corrected chi connectivity index (χ2v) is 9.90. The summed E-state index contributed by atoms with van der Waals surface area (Å²) in [5, 5.41) is 10.2. The number of Topliss-reactive ketones (excluding diaryl/α,β-unsaturated/α-hetero) is 1. The monoisotopic (exact) mass is 449 g/mol. The lowest BCUT2D eigenvalue weighted by Gasteiger charge is -2.24. The number of nitrogens with zero attached hydrogens (tertiary/aromatic N) is 1. The van der Waals surface area contributed by atoms with Gasteiger partial charge in [0.1, 0.15) is 5.75 Å². The molecule has 1 N–H and O–H groups in total. The molecule has 0 amide bonds. The number of esters is 1. The first-order valence-corrected chi connectivity index (χ1v) is 11.1. The van der Waals surface area contributed by atoms with Gasteiger partial charge in [-0.3, -0.25) is 14.4 Å². The molecule has 0 aliphatic heterocycles. The molecule has 0 atom stereocenters. The van der Waals surface area contributed by atoms with Gasteiger partial charge in [0.05, 0.1) is 23.2 Å². The van der Waals surface area contributed by atoms with E-state index in [1.807, 2.05) is 6.07 Å². The van der Waals surface area contributed by atoms with Crippen molar-refractivity contribution in [2.24, 2.45) is 10.8 Å². The first kappa shape index (κ1) is 24.2. The Labute approximate surface area is 194 Å². The summed E-state index contributed by atoms with van der Waals surface area (Å²) in [6.45, 7) is 10.9. The van der Waals surface area contributed by atoms with Crippen LogP contribution < -0.4 is 0 Å². The Hall–Kier alpha value is -3.41. The lowest BCUT2D eigenvalue weighted by atomic mass is 9.79. The molecule has 0 unspecified atom stereocenters. The van der Waals surface area contributed by atoms with Crippen molar-refractivity contribution in [2.45, 2.75) is 48.0 Å². The average molecular weight is 450 g/mol. The summed E-state index contributed by atoms with van der Waals surface area (Å²) < 4.78 is 6.91. The summed E-state index contributed by atoms with van der Waals surface area (Å²) in [4.78, 5) is 40.1. The second-order valence-electron chi connectivity index (χ2n) is 9.90. The van der Waals surface area contributed by atoms with E-state index in [-0.39, 0.29) is 30.3 Å². The smallest absolute Gasteiger partial charge is 0.311 e. The Kier molecular flexibility index (Phi) is 6.50. The molecule has 0 saturated heterocycles. The third-order valence-electron chi connectivity index (χ3n) is 5.63. The van der Waals surface area contributed by atoms with Gasteiger partial charge in [0.25, 0.3) is 0 Å². The third kappa shape index (κ3) is 4.70. The highest BCUT2D eigenvalue weighted by Gasteiger charge is 2.38. The van der Waals surface area contributed by atoms with Crippen molar-refractivity contribution >= 4 is 23.1 Å². The summed E-state index contributed by atoms with van der Waals surface area (Å²) in [6.07, 6.45) is 1.71. The van der Waals surface area contributed by atoms with E-state index in [2.05, 4.69) is 0 Å². The van der Waals surface area contributed by atoms with Crippen molar-refractivity contribution in [3.63, 3.8) is 0 Å². The van der Waals surface area contributed by atoms with Crippen molar-refractivity contribution in [3.8, 4) is 5.75 Å². The molecule has 33 heavy (non-hydrogen) atoms. The Morgan fingerprint density at radius 2 is 1.64 bits per heavy atom. The Morgan fingerprint density at radius 3 is 2.21 bits per heavy atom. The number of benzene rings is 1.